The van der Waals surface area contributed by atoms with Gasteiger partial charge >= 0.3 is 0 Å². The first-order valence-corrected chi connectivity index (χ1v) is 11.0. The summed E-state index contributed by atoms with van der Waals surface area (Å²) in [7, 11) is 0. The molecule has 0 spiro atoms. The van der Waals surface area contributed by atoms with Gasteiger partial charge in [0.05, 0.1) is 0 Å². The van der Waals surface area contributed by atoms with E-state index in [1.807, 2.05) is 18.0 Å². The molecule has 0 N–H and O–H groups in total. The Kier molecular flexibility index (Phi) is 5.40. The van der Waals surface area contributed by atoms with E-state index in [4.69, 9.17) is 9.98 Å². The van der Waals surface area contributed by atoms with Crippen LogP contribution in [0.15, 0.2) is 58.7 Å². The lowest BCUT2D eigenvalue weighted by Gasteiger charge is -2.07. The van der Waals surface area contributed by atoms with Crippen molar-refractivity contribution in [2.24, 2.45) is 4.99 Å². The van der Waals surface area contributed by atoms with Crippen LogP contribution in [0.5, 0.6) is 0 Å². The lowest BCUT2D eigenvalue weighted by atomic mass is 10.0. The molecule has 0 unspecified atom stereocenters. The third-order valence-electron chi connectivity index (χ3n) is 5.24. The highest BCUT2D eigenvalue weighted by Gasteiger charge is 2.22. The molecular weight excluding hydrogens is 362 g/mol. The van der Waals surface area contributed by atoms with Crippen molar-refractivity contribution in [1.82, 2.24) is 9.55 Å². The van der Waals surface area contributed by atoms with Gasteiger partial charge in [-0.05, 0) is 28.5 Å². The fourth-order valence-electron chi connectivity index (χ4n) is 3.42. The van der Waals surface area contributed by atoms with Gasteiger partial charge in [-0.3, -0.25) is 0 Å². The van der Waals surface area contributed by atoms with Crippen molar-refractivity contribution in [3.63, 3.8) is 0 Å². The largest absolute Gasteiger partial charge is 0.303 e. The molecule has 0 amide bonds. The van der Waals surface area contributed by atoms with E-state index in [2.05, 4.69) is 80.8 Å². The first kappa shape index (κ1) is 19.0. The minimum absolute atomic E-state index is 0.530. The van der Waals surface area contributed by atoms with Gasteiger partial charge in [-0.25, -0.2) is 9.98 Å². The van der Waals surface area contributed by atoms with Crippen LogP contribution in [0.25, 0.3) is 11.3 Å². The molecule has 3 aromatic rings. The number of fused-ring (bicyclic) bond motifs is 1. The summed E-state index contributed by atoms with van der Waals surface area (Å²) in [4.78, 5) is 9.78. The minimum Gasteiger partial charge on any atom is -0.303 e. The fourth-order valence-corrected chi connectivity index (χ4v) is 4.36. The van der Waals surface area contributed by atoms with Crippen molar-refractivity contribution in [3.05, 3.63) is 65.2 Å². The third kappa shape index (κ3) is 3.79. The first-order valence-electron chi connectivity index (χ1n) is 10.0. The van der Waals surface area contributed by atoms with Crippen molar-refractivity contribution in [2.45, 2.75) is 51.2 Å². The van der Waals surface area contributed by atoms with E-state index < -0.39 is 0 Å². The van der Waals surface area contributed by atoms with E-state index in [-0.39, 0.29) is 0 Å². The Morgan fingerprint density at radius 2 is 1.54 bits per heavy atom. The van der Waals surface area contributed by atoms with E-state index in [0.717, 1.165) is 40.1 Å². The van der Waals surface area contributed by atoms with Gasteiger partial charge < -0.3 is 4.57 Å². The molecule has 1 aromatic heterocycles. The molecule has 4 rings (SSSR count). The Labute approximate surface area is 171 Å². The molecule has 0 saturated carbocycles. The van der Waals surface area contributed by atoms with Crippen LogP contribution in [-0.2, 0) is 6.54 Å². The molecule has 3 nitrogen and oxygen atoms in total. The molecular formula is C24H27N3S. The molecule has 0 saturated heterocycles. The maximum atomic E-state index is 4.90. The van der Waals surface area contributed by atoms with Crippen LogP contribution in [0, 0.1) is 0 Å². The lowest BCUT2D eigenvalue weighted by molar-refractivity contribution is 0.723. The Morgan fingerprint density at radius 3 is 2.14 bits per heavy atom. The second-order valence-electron chi connectivity index (χ2n) is 7.92. The maximum absolute atomic E-state index is 4.90. The van der Waals surface area contributed by atoms with Crippen molar-refractivity contribution < 1.29 is 0 Å². The van der Waals surface area contributed by atoms with Crippen molar-refractivity contribution in [1.29, 1.82) is 0 Å². The van der Waals surface area contributed by atoms with Gasteiger partial charge in [-0.1, -0.05) is 88.0 Å². The molecule has 144 valence electrons. The Balaban J connectivity index is 1.68. The zero-order valence-electron chi connectivity index (χ0n) is 17.0. The van der Waals surface area contributed by atoms with Crippen LogP contribution in [0.1, 0.15) is 56.2 Å². The van der Waals surface area contributed by atoms with Gasteiger partial charge in [-0.15, -0.1) is 0 Å². The highest BCUT2D eigenvalue weighted by atomic mass is 32.2. The van der Waals surface area contributed by atoms with Crippen molar-refractivity contribution >= 4 is 23.8 Å². The summed E-state index contributed by atoms with van der Waals surface area (Å²) in [5.41, 5.74) is 5.93. The van der Waals surface area contributed by atoms with Crippen LogP contribution in [0.4, 0.5) is 5.82 Å². The zero-order chi connectivity index (χ0) is 19.7. The van der Waals surface area contributed by atoms with Gasteiger partial charge in [-0.2, -0.15) is 0 Å². The lowest BCUT2D eigenvalue weighted by Crippen LogP contribution is -1.94. The molecule has 0 bridgehead atoms. The standard InChI is InChI=1S/C24H27N3S/c1-16(2)19-7-5-18(6-8-19)15-25-23-22(26-24-27(23)13-14-28-24)21-11-9-20(10-12-21)17(3)4/h5-12,15-17H,13-14H2,1-4H3/b25-15+. The number of imidazole rings is 1. The molecule has 2 heterocycles. The Morgan fingerprint density at radius 1 is 0.929 bits per heavy atom. The Bertz CT molecular complexity index is 980. The number of benzene rings is 2. The summed E-state index contributed by atoms with van der Waals surface area (Å²) in [6, 6.07) is 17.4. The van der Waals surface area contributed by atoms with Crippen LogP contribution in [-0.4, -0.2) is 21.5 Å². The van der Waals surface area contributed by atoms with Gasteiger partial charge in [0.15, 0.2) is 11.0 Å². The number of nitrogens with zero attached hydrogens (tertiary/aromatic N) is 3. The van der Waals surface area contributed by atoms with Crippen LogP contribution in [0.2, 0.25) is 0 Å². The van der Waals surface area contributed by atoms with E-state index in [9.17, 15) is 0 Å². The number of hydrogen-bond donors (Lipinski definition) is 0. The summed E-state index contributed by atoms with van der Waals surface area (Å²) in [5.74, 6) is 3.11. The fraction of sp³-hybridized carbons (Fsp3) is 0.333. The molecule has 0 fully saturated rings. The number of thioether (sulfide) groups is 1. The molecule has 28 heavy (non-hydrogen) atoms. The second kappa shape index (κ2) is 7.96. The zero-order valence-corrected chi connectivity index (χ0v) is 17.8. The topological polar surface area (TPSA) is 30.2 Å². The average molecular weight is 390 g/mol. The average Bonchev–Trinajstić information content (AvgIpc) is 3.28. The molecule has 1 aliphatic rings. The highest BCUT2D eigenvalue weighted by molar-refractivity contribution is 7.99. The quantitative estimate of drug-likeness (QED) is 0.457. The summed E-state index contributed by atoms with van der Waals surface area (Å²) < 4.78 is 2.25. The third-order valence-corrected chi connectivity index (χ3v) is 6.20. The van der Waals surface area contributed by atoms with E-state index >= 15 is 0 Å². The molecule has 0 radical (unpaired) electrons. The number of aliphatic imine (C=N–C) groups is 1. The number of hydrogen-bond acceptors (Lipinski definition) is 3. The van der Waals surface area contributed by atoms with Crippen molar-refractivity contribution in [2.75, 3.05) is 5.75 Å². The molecule has 2 aromatic carbocycles. The molecule has 4 heteroatoms. The van der Waals surface area contributed by atoms with E-state index in [1.165, 1.54) is 11.1 Å². The molecule has 0 atom stereocenters. The maximum Gasteiger partial charge on any atom is 0.170 e. The van der Waals surface area contributed by atoms with Crippen molar-refractivity contribution in [3.8, 4) is 11.3 Å². The highest BCUT2D eigenvalue weighted by Crippen LogP contribution is 2.38. The predicted octanol–water partition coefficient (Wildman–Crippen LogP) is 6.65. The molecule has 0 aliphatic carbocycles. The predicted molar refractivity (Wildman–Crippen MR) is 120 cm³/mol. The van der Waals surface area contributed by atoms with E-state index in [1.54, 1.807) is 0 Å². The number of aromatic nitrogens is 2. The van der Waals surface area contributed by atoms with Gasteiger partial charge in [0.2, 0.25) is 0 Å². The van der Waals surface area contributed by atoms with Gasteiger partial charge in [0.25, 0.3) is 0 Å². The van der Waals surface area contributed by atoms with Crippen LogP contribution in [0.3, 0.4) is 0 Å². The van der Waals surface area contributed by atoms with Gasteiger partial charge in [0, 0.05) is 24.1 Å². The monoisotopic (exact) mass is 389 g/mol. The summed E-state index contributed by atoms with van der Waals surface area (Å²) >= 11 is 1.81. The number of rotatable bonds is 5. The Hall–Kier alpha value is -2.33. The first-order chi connectivity index (χ1) is 13.5. The summed E-state index contributed by atoms with van der Waals surface area (Å²) in [6.07, 6.45) is 1.96. The molecule has 1 aliphatic heterocycles. The summed E-state index contributed by atoms with van der Waals surface area (Å²) in [5, 5.41) is 1.07. The van der Waals surface area contributed by atoms with Crippen LogP contribution >= 0.6 is 11.8 Å². The summed E-state index contributed by atoms with van der Waals surface area (Å²) in [6.45, 7) is 9.84. The SMILES string of the molecule is CC(C)c1ccc(/C=N/c2c(-c3ccc(C(C)C)cc3)nc3n2CCS3)cc1. The normalized spacial score (nSPS) is 13.8. The second-order valence-corrected chi connectivity index (χ2v) is 8.99. The van der Waals surface area contributed by atoms with Gasteiger partial charge in [0.1, 0.15) is 5.69 Å². The van der Waals surface area contributed by atoms with Crippen LogP contribution < -0.4 is 0 Å². The minimum atomic E-state index is 0.530. The smallest absolute Gasteiger partial charge is 0.170 e. The van der Waals surface area contributed by atoms with E-state index in [0.29, 0.717) is 11.8 Å².